The van der Waals surface area contributed by atoms with Crippen LogP contribution in [0.5, 0.6) is 0 Å². The predicted molar refractivity (Wildman–Crippen MR) is 78.8 cm³/mol. The molecule has 1 unspecified atom stereocenters. The van der Waals surface area contributed by atoms with E-state index < -0.39 is 0 Å². The summed E-state index contributed by atoms with van der Waals surface area (Å²) in [5.41, 5.74) is 1.53. The zero-order chi connectivity index (χ0) is 13.7. The third-order valence-electron chi connectivity index (χ3n) is 6.17. The van der Waals surface area contributed by atoms with E-state index in [-0.39, 0.29) is 5.82 Å². The van der Waals surface area contributed by atoms with E-state index in [9.17, 15) is 4.39 Å². The molecule has 1 atom stereocenters. The number of hydrogen-bond acceptors (Lipinski definition) is 1. The molecule has 1 aromatic rings. The van der Waals surface area contributed by atoms with Crippen molar-refractivity contribution in [2.24, 2.45) is 23.2 Å². The third-order valence-corrected chi connectivity index (χ3v) is 6.17. The van der Waals surface area contributed by atoms with Crippen LogP contribution in [0, 0.1) is 29.0 Å². The first-order chi connectivity index (χ1) is 9.68. The number of benzene rings is 1. The maximum Gasteiger partial charge on any atom is 0.123 e. The number of rotatable bonds is 3. The van der Waals surface area contributed by atoms with E-state index in [0.29, 0.717) is 11.5 Å². The van der Waals surface area contributed by atoms with Gasteiger partial charge in [0.2, 0.25) is 0 Å². The standard InChI is InChI=1S/C18H24FN/c1-20-17(15-3-2-4-16(19)8-15)18-9-12-5-13(10-18)7-14(6-12)11-18/h2-4,8,12-14,17,20H,5-7,9-11H2,1H3. The summed E-state index contributed by atoms with van der Waals surface area (Å²) in [5, 5.41) is 3.54. The van der Waals surface area contributed by atoms with E-state index in [1.54, 1.807) is 12.1 Å². The van der Waals surface area contributed by atoms with Gasteiger partial charge < -0.3 is 5.32 Å². The lowest BCUT2D eigenvalue weighted by molar-refractivity contribution is -0.0736. The van der Waals surface area contributed by atoms with Crippen LogP contribution >= 0.6 is 0 Å². The molecule has 1 N–H and O–H groups in total. The Balaban J connectivity index is 1.70. The van der Waals surface area contributed by atoms with Gasteiger partial charge in [0.25, 0.3) is 0 Å². The molecular weight excluding hydrogens is 249 g/mol. The summed E-state index contributed by atoms with van der Waals surface area (Å²) in [5.74, 6) is 2.70. The maximum atomic E-state index is 13.6. The Morgan fingerprint density at radius 2 is 1.70 bits per heavy atom. The van der Waals surface area contributed by atoms with Gasteiger partial charge >= 0.3 is 0 Å². The second kappa shape index (κ2) is 4.56. The first-order valence-electron chi connectivity index (χ1n) is 8.11. The Morgan fingerprint density at radius 1 is 1.10 bits per heavy atom. The molecule has 4 fully saturated rings. The summed E-state index contributed by atoms with van der Waals surface area (Å²) in [6, 6.07) is 7.57. The van der Waals surface area contributed by atoms with Gasteiger partial charge in [0.15, 0.2) is 0 Å². The van der Waals surface area contributed by atoms with Crippen LogP contribution in [0.25, 0.3) is 0 Å². The zero-order valence-corrected chi connectivity index (χ0v) is 12.2. The quantitative estimate of drug-likeness (QED) is 0.865. The molecule has 0 spiro atoms. The summed E-state index contributed by atoms with van der Waals surface area (Å²) in [6.07, 6.45) is 8.42. The molecular formula is C18H24FN. The summed E-state index contributed by atoms with van der Waals surface area (Å²) in [7, 11) is 2.05. The summed E-state index contributed by atoms with van der Waals surface area (Å²) in [6.45, 7) is 0. The highest BCUT2D eigenvalue weighted by Gasteiger charge is 2.54. The fraction of sp³-hybridized carbons (Fsp3) is 0.667. The minimum Gasteiger partial charge on any atom is -0.313 e. The van der Waals surface area contributed by atoms with Gasteiger partial charge in [-0.15, -0.1) is 0 Å². The van der Waals surface area contributed by atoms with Gasteiger partial charge in [0, 0.05) is 6.04 Å². The van der Waals surface area contributed by atoms with Gasteiger partial charge in [-0.1, -0.05) is 12.1 Å². The molecule has 5 rings (SSSR count). The molecule has 4 aliphatic rings. The molecule has 0 heterocycles. The number of hydrogen-bond donors (Lipinski definition) is 1. The van der Waals surface area contributed by atoms with Crippen LogP contribution in [-0.4, -0.2) is 7.05 Å². The van der Waals surface area contributed by atoms with E-state index in [1.165, 1.54) is 38.5 Å². The van der Waals surface area contributed by atoms with E-state index in [0.717, 1.165) is 23.3 Å². The van der Waals surface area contributed by atoms with Crippen molar-refractivity contribution in [2.75, 3.05) is 7.05 Å². The third kappa shape index (κ3) is 1.92. The van der Waals surface area contributed by atoms with Crippen LogP contribution < -0.4 is 5.32 Å². The maximum absolute atomic E-state index is 13.6. The Hall–Kier alpha value is -0.890. The molecule has 1 aromatic carbocycles. The van der Waals surface area contributed by atoms with Gasteiger partial charge in [-0.3, -0.25) is 0 Å². The highest BCUT2D eigenvalue weighted by Crippen LogP contribution is 2.63. The lowest BCUT2D eigenvalue weighted by Gasteiger charge is -2.59. The van der Waals surface area contributed by atoms with Gasteiger partial charge in [0.05, 0.1) is 0 Å². The fourth-order valence-electron chi connectivity index (χ4n) is 6.04. The number of halogens is 1. The first-order valence-corrected chi connectivity index (χ1v) is 8.11. The molecule has 0 amide bonds. The van der Waals surface area contributed by atoms with Crippen molar-refractivity contribution in [3.63, 3.8) is 0 Å². The molecule has 4 aliphatic carbocycles. The summed E-state index contributed by atoms with van der Waals surface area (Å²) < 4.78 is 13.6. The van der Waals surface area contributed by atoms with E-state index in [4.69, 9.17) is 0 Å². The van der Waals surface area contributed by atoms with Gasteiger partial charge in [-0.2, -0.15) is 0 Å². The molecule has 4 bridgehead atoms. The first kappa shape index (κ1) is 12.8. The monoisotopic (exact) mass is 273 g/mol. The van der Waals surface area contributed by atoms with Gasteiger partial charge in [0.1, 0.15) is 5.82 Å². The van der Waals surface area contributed by atoms with Crippen molar-refractivity contribution in [2.45, 2.75) is 44.6 Å². The normalized spacial score (nSPS) is 40.0. The van der Waals surface area contributed by atoms with Crippen LogP contribution in [0.1, 0.15) is 50.1 Å². The second-order valence-corrected chi connectivity index (χ2v) is 7.56. The lowest BCUT2D eigenvalue weighted by atomic mass is 9.47. The van der Waals surface area contributed by atoms with Crippen LogP contribution in [0.15, 0.2) is 24.3 Å². The van der Waals surface area contributed by atoms with Gasteiger partial charge in [-0.25, -0.2) is 4.39 Å². The second-order valence-electron chi connectivity index (χ2n) is 7.56. The largest absolute Gasteiger partial charge is 0.313 e. The molecule has 0 saturated heterocycles. The molecule has 1 nitrogen and oxygen atoms in total. The Kier molecular flexibility index (Phi) is 2.92. The number of nitrogens with one attached hydrogen (secondary N) is 1. The highest BCUT2D eigenvalue weighted by atomic mass is 19.1. The summed E-state index contributed by atoms with van der Waals surface area (Å²) >= 11 is 0. The SMILES string of the molecule is CNC(c1cccc(F)c1)C12CC3CC(CC(C3)C1)C2. The Labute approximate surface area is 121 Å². The van der Waals surface area contributed by atoms with Crippen molar-refractivity contribution in [1.29, 1.82) is 0 Å². The van der Waals surface area contributed by atoms with Crippen molar-refractivity contribution in [3.8, 4) is 0 Å². The fourth-order valence-corrected chi connectivity index (χ4v) is 6.04. The van der Waals surface area contributed by atoms with Crippen molar-refractivity contribution < 1.29 is 4.39 Å². The lowest BCUT2D eigenvalue weighted by Crippen LogP contribution is -2.51. The van der Waals surface area contributed by atoms with Crippen LogP contribution in [0.3, 0.4) is 0 Å². The molecule has 20 heavy (non-hydrogen) atoms. The van der Waals surface area contributed by atoms with Crippen molar-refractivity contribution >= 4 is 0 Å². The molecule has 0 aromatic heterocycles. The smallest absolute Gasteiger partial charge is 0.123 e. The Bertz CT molecular complexity index is 475. The average molecular weight is 273 g/mol. The van der Waals surface area contributed by atoms with Crippen LogP contribution in [-0.2, 0) is 0 Å². The molecule has 0 radical (unpaired) electrons. The molecule has 108 valence electrons. The molecule has 0 aliphatic heterocycles. The predicted octanol–water partition coefficient (Wildman–Crippen LogP) is 4.30. The molecule has 2 heteroatoms. The summed E-state index contributed by atoms with van der Waals surface area (Å²) in [4.78, 5) is 0. The van der Waals surface area contributed by atoms with E-state index in [2.05, 4.69) is 11.4 Å². The minimum absolute atomic E-state index is 0.104. The van der Waals surface area contributed by atoms with Gasteiger partial charge in [-0.05, 0) is 86.4 Å². The van der Waals surface area contributed by atoms with E-state index in [1.807, 2.05) is 13.1 Å². The highest BCUT2D eigenvalue weighted by molar-refractivity contribution is 5.24. The topological polar surface area (TPSA) is 12.0 Å². The van der Waals surface area contributed by atoms with Crippen LogP contribution in [0.4, 0.5) is 4.39 Å². The van der Waals surface area contributed by atoms with Crippen molar-refractivity contribution in [1.82, 2.24) is 5.32 Å². The minimum atomic E-state index is -0.104. The van der Waals surface area contributed by atoms with Crippen molar-refractivity contribution in [3.05, 3.63) is 35.6 Å². The van der Waals surface area contributed by atoms with E-state index >= 15 is 0 Å². The Morgan fingerprint density at radius 3 is 2.20 bits per heavy atom. The van der Waals surface area contributed by atoms with Crippen LogP contribution in [0.2, 0.25) is 0 Å². The average Bonchev–Trinajstić information content (AvgIpc) is 2.37. The molecule has 4 saturated carbocycles. The zero-order valence-electron chi connectivity index (χ0n) is 12.2.